The molecule has 0 radical (unpaired) electrons. The SMILES string of the molecule is CC/C=C\C/C=C\CCCCCCCCCC(=O)OC(COC(=O)CCCC/C=C\C/C=C\CC)COC(=O)CCCCCCCCC/C=C\CCCCCC. The van der Waals surface area contributed by atoms with E-state index in [2.05, 4.69) is 81.5 Å². The number of hydrogen-bond acceptors (Lipinski definition) is 6. The number of ether oxygens (including phenoxy) is 3. The number of hydrogen-bond donors (Lipinski definition) is 0. The zero-order chi connectivity index (χ0) is 40.8. The van der Waals surface area contributed by atoms with Crippen LogP contribution in [0.3, 0.4) is 0 Å². The van der Waals surface area contributed by atoms with Crippen molar-refractivity contribution >= 4 is 17.9 Å². The number of rotatable bonds is 41. The van der Waals surface area contributed by atoms with E-state index in [0.717, 1.165) is 89.9 Å². The second kappa shape index (κ2) is 44.8. The van der Waals surface area contributed by atoms with E-state index in [4.69, 9.17) is 14.2 Å². The smallest absolute Gasteiger partial charge is 0.306 e. The highest BCUT2D eigenvalue weighted by Gasteiger charge is 2.19. The zero-order valence-electron chi connectivity index (χ0n) is 36.6. The van der Waals surface area contributed by atoms with Gasteiger partial charge in [0, 0.05) is 19.3 Å². The van der Waals surface area contributed by atoms with Gasteiger partial charge in [0.2, 0.25) is 0 Å². The second-order valence-electron chi connectivity index (χ2n) is 15.2. The van der Waals surface area contributed by atoms with Crippen molar-refractivity contribution in [3.8, 4) is 0 Å². The maximum Gasteiger partial charge on any atom is 0.306 e. The Kier molecular flexibility index (Phi) is 42.5. The van der Waals surface area contributed by atoms with E-state index < -0.39 is 6.10 Å². The third-order valence-corrected chi connectivity index (χ3v) is 9.74. The fraction of sp³-hybridized carbons (Fsp3) is 0.740. The van der Waals surface area contributed by atoms with Crippen LogP contribution in [-0.4, -0.2) is 37.2 Å². The monoisotopic (exact) mass is 783 g/mol. The van der Waals surface area contributed by atoms with Gasteiger partial charge in [0.05, 0.1) is 0 Å². The van der Waals surface area contributed by atoms with E-state index in [0.29, 0.717) is 19.3 Å². The molecule has 0 aliphatic carbocycles. The van der Waals surface area contributed by atoms with Crippen LogP contribution in [0.2, 0.25) is 0 Å². The average Bonchev–Trinajstić information content (AvgIpc) is 3.19. The molecule has 322 valence electrons. The number of esters is 3. The Labute approximate surface area is 345 Å². The minimum absolute atomic E-state index is 0.0903. The first kappa shape index (κ1) is 53.1. The first-order chi connectivity index (χ1) is 27.5. The highest BCUT2D eigenvalue weighted by atomic mass is 16.6. The molecule has 0 fully saturated rings. The molecule has 6 heteroatoms. The zero-order valence-corrected chi connectivity index (χ0v) is 36.6. The molecule has 0 amide bonds. The van der Waals surface area contributed by atoms with Crippen molar-refractivity contribution in [2.24, 2.45) is 0 Å². The molecule has 0 spiro atoms. The maximum absolute atomic E-state index is 12.7. The first-order valence-corrected chi connectivity index (χ1v) is 23.3. The van der Waals surface area contributed by atoms with E-state index in [-0.39, 0.29) is 31.1 Å². The van der Waals surface area contributed by atoms with Crippen molar-refractivity contribution in [2.75, 3.05) is 13.2 Å². The van der Waals surface area contributed by atoms with Gasteiger partial charge in [0.15, 0.2) is 6.10 Å². The van der Waals surface area contributed by atoms with Crippen molar-refractivity contribution in [1.29, 1.82) is 0 Å². The van der Waals surface area contributed by atoms with Crippen LogP contribution in [0.5, 0.6) is 0 Å². The standard InChI is InChI=1S/C50H86O6/c1-4-7-10-13-16-19-21-23-25-27-28-31-34-37-40-43-49(52)55-46-47(45-54-48(51)42-39-36-33-30-18-15-12-9-6-3)56-50(53)44-41-38-35-32-29-26-24-22-20-17-14-11-8-5-2/h8-9,11-12,17-21,30,47H,4-7,10,13-16,22-29,31-46H2,1-3H3/b11-8-,12-9-,20-17-,21-19-,30-18-. The van der Waals surface area contributed by atoms with Gasteiger partial charge in [0.25, 0.3) is 0 Å². The lowest BCUT2D eigenvalue weighted by Crippen LogP contribution is -2.30. The van der Waals surface area contributed by atoms with Gasteiger partial charge in [-0.15, -0.1) is 0 Å². The van der Waals surface area contributed by atoms with E-state index in [1.165, 1.54) is 89.9 Å². The van der Waals surface area contributed by atoms with Gasteiger partial charge in [-0.25, -0.2) is 0 Å². The Bertz CT molecular complexity index is 1040. The molecule has 56 heavy (non-hydrogen) atoms. The minimum atomic E-state index is -0.790. The Hall–Kier alpha value is -2.89. The summed E-state index contributed by atoms with van der Waals surface area (Å²) in [5, 5.41) is 0. The molecule has 0 saturated carbocycles. The highest BCUT2D eigenvalue weighted by Crippen LogP contribution is 2.14. The average molecular weight is 783 g/mol. The minimum Gasteiger partial charge on any atom is -0.462 e. The van der Waals surface area contributed by atoms with Crippen LogP contribution < -0.4 is 0 Å². The topological polar surface area (TPSA) is 78.9 Å². The number of unbranched alkanes of at least 4 members (excludes halogenated alkanes) is 20. The summed E-state index contributed by atoms with van der Waals surface area (Å²) in [6, 6.07) is 0. The van der Waals surface area contributed by atoms with Crippen LogP contribution in [0.25, 0.3) is 0 Å². The summed E-state index contributed by atoms with van der Waals surface area (Å²) in [6.07, 6.45) is 53.6. The van der Waals surface area contributed by atoms with Crippen LogP contribution in [0.4, 0.5) is 0 Å². The second-order valence-corrected chi connectivity index (χ2v) is 15.2. The van der Waals surface area contributed by atoms with Gasteiger partial charge in [-0.3, -0.25) is 14.4 Å². The molecule has 0 saturated heterocycles. The summed E-state index contributed by atoms with van der Waals surface area (Å²) in [4.78, 5) is 37.7. The van der Waals surface area contributed by atoms with Crippen LogP contribution in [-0.2, 0) is 28.6 Å². The number of allylic oxidation sites excluding steroid dienone is 10. The molecule has 0 aliphatic heterocycles. The summed E-state index contributed by atoms with van der Waals surface area (Å²) in [5.74, 6) is -0.944. The Balaban J connectivity index is 4.38. The largest absolute Gasteiger partial charge is 0.462 e. The fourth-order valence-corrected chi connectivity index (χ4v) is 6.28. The van der Waals surface area contributed by atoms with Crippen molar-refractivity contribution in [3.05, 3.63) is 60.8 Å². The van der Waals surface area contributed by atoms with Crippen molar-refractivity contribution in [1.82, 2.24) is 0 Å². The van der Waals surface area contributed by atoms with Crippen molar-refractivity contribution in [2.45, 2.75) is 226 Å². The molecule has 0 aromatic carbocycles. The van der Waals surface area contributed by atoms with Crippen molar-refractivity contribution in [3.63, 3.8) is 0 Å². The summed E-state index contributed by atoms with van der Waals surface area (Å²) in [5.41, 5.74) is 0. The summed E-state index contributed by atoms with van der Waals surface area (Å²) < 4.78 is 16.7. The van der Waals surface area contributed by atoms with E-state index >= 15 is 0 Å². The molecule has 0 aliphatic rings. The molecule has 1 atom stereocenters. The van der Waals surface area contributed by atoms with Crippen LogP contribution in [0.1, 0.15) is 220 Å². The Morgan fingerprint density at radius 1 is 0.375 bits per heavy atom. The number of carbonyl (C=O) groups is 3. The normalized spacial score (nSPS) is 12.6. The van der Waals surface area contributed by atoms with Gasteiger partial charge in [-0.05, 0) is 96.3 Å². The third kappa shape index (κ3) is 42.3. The summed E-state index contributed by atoms with van der Waals surface area (Å²) >= 11 is 0. The molecular weight excluding hydrogens is 697 g/mol. The number of carbonyl (C=O) groups excluding carboxylic acids is 3. The molecule has 6 nitrogen and oxygen atoms in total. The van der Waals surface area contributed by atoms with Gasteiger partial charge >= 0.3 is 17.9 Å². The third-order valence-electron chi connectivity index (χ3n) is 9.74. The van der Waals surface area contributed by atoms with E-state index in [9.17, 15) is 14.4 Å². The molecule has 0 bridgehead atoms. The van der Waals surface area contributed by atoms with Crippen LogP contribution >= 0.6 is 0 Å². The highest BCUT2D eigenvalue weighted by molar-refractivity contribution is 5.71. The predicted octanol–water partition coefficient (Wildman–Crippen LogP) is 14.9. The van der Waals surface area contributed by atoms with E-state index in [1.54, 1.807) is 0 Å². The molecule has 0 N–H and O–H groups in total. The van der Waals surface area contributed by atoms with Gasteiger partial charge < -0.3 is 14.2 Å². The predicted molar refractivity (Wildman–Crippen MR) is 238 cm³/mol. The molecule has 1 unspecified atom stereocenters. The molecule has 0 aromatic heterocycles. The van der Waals surface area contributed by atoms with Crippen molar-refractivity contribution < 1.29 is 28.6 Å². The molecule has 0 heterocycles. The van der Waals surface area contributed by atoms with E-state index in [1.807, 2.05) is 0 Å². The lowest BCUT2D eigenvalue weighted by Gasteiger charge is -2.18. The van der Waals surface area contributed by atoms with Crippen LogP contribution in [0.15, 0.2) is 60.8 Å². The van der Waals surface area contributed by atoms with Gasteiger partial charge in [0.1, 0.15) is 13.2 Å². The lowest BCUT2D eigenvalue weighted by atomic mass is 10.1. The van der Waals surface area contributed by atoms with Gasteiger partial charge in [-0.1, -0.05) is 165 Å². The summed E-state index contributed by atoms with van der Waals surface area (Å²) in [7, 11) is 0. The lowest BCUT2D eigenvalue weighted by molar-refractivity contribution is -0.167. The molecule has 0 rings (SSSR count). The molecule has 0 aromatic rings. The van der Waals surface area contributed by atoms with Crippen LogP contribution in [0, 0.1) is 0 Å². The first-order valence-electron chi connectivity index (χ1n) is 23.3. The maximum atomic E-state index is 12.7. The summed E-state index contributed by atoms with van der Waals surface area (Å²) in [6.45, 7) is 6.34. The quantitative estimate of drug-likeness (QED) is 0.0266. The Morgan fingerprint density at radius 3 is 1.12 bits per heavy atom. The molecular formula is C50H86O6. The fourth-order valence-electron chi connectivity index (χ4n) is 6.28. The van der Waals surface area contributed by atoms with Gasteiger partial charge in [-0.2, -0.15) is 0 Å². The Morgan fingerprint density at radius 2 is 0.696 bits per heavy atom.